The standard InChI is InChI=1S/C25H34O8/c1-13(2)25(29)12-18(31-14(3)26)24(5)19(25)17(11-23(4)21(33-23)20(24)27)32-22(28)15-7-9-16(30-6)10-8-15/h7-10,13,17-21,27,29H,11-12H2,1-6H3. The zero-order chi connectivity index (χ0) is 24.3. The van der Waals surface area contributed by atoms with Gasteiger partial charge >= 0.3 is 11.9 Å². The second-order valence-corrected chi connectivity index (χ2v) is 10.5. The van der Waals surface area contributed by atoms with Crippen LogP contribution in [0.15, 0.2) is 24.3 Å². The molecule has 2 saturated carbocycles. The van der Waals surface area contributed by atoms with E-state index in [0.29, 0.717) is 17.7 Å². The molecule has 0 bridgehead atoms. The lowest BCUT2D eigenvalue weighted by Crippen LogP contribution is -2.55. The molecule has 2 aliphatic carbocycles. The van der Waals surface area contributed by atoms with Crippen molar-refractivity contribution in [3.8, 4) is 5.75 Å². The second-order valence-electron chi connectivity index (χ2n) is 10.5. The van der Waals surface area contributed by atoms with Crippen molar-refractivity contribution in [3.63, 3.8) is 0 Å². The van der Waals surface area contributed by atoms with Gasteiger partial charge in [0.05, 0.1) is 30.0 Å². The molecule has 8 heteroatoms. The highest BCUT2D eigenvalue weighted by atomic mass is 16.6. The minimum absolute atomic E-state index is 0.141. The molecule has 1 aliphatic heterocycles. The number of rotatable bonds is 5. The van der Waals surface area contributed by atoms with Gasteiger partial charge in [-0.2, -0.15) is 0 Å². The molecule has 8 nitrogen and oxygen atoms in total. The first-order valence-corrected chi connectivity index (χ1v) is 11.5. The number of carbonyl (C=O) groups is 2. The van der Waals surface area contributed by atoms with E-state index in [-0.39, 0.29) is 12.3 Å². The first-order chi connectivity index (χ1) is 15.4. The van der Waals surface area contributed by atoms with Gasteiger partial charge in [-0.15, -0.1) is 0 Å². The highest BCUT2D eigenvalue weighted by molar-refractivity contribution is 5.89. The van der Waals surface area contributed by atoms with E-state index < -0.39 is 58.9 Å². The number of epoxide rings is 1. The zero-order valence-corrected chi connectivity index (χ0v) is 20.0. The molecule has 3 fully saturated rings. The number of carbonyl (C=O) groups excluding carboxylic acids is 2. The average molecular weight is 463 g/mol. The van der Waals surface area contributed by atoms with Crippen LogP contribution in [-0.2, 0) is 19.0 Å². The Labute approximate surface area is 194 Å². The van der Waals surface area contributed by atoms with Gasteiger partial charge < -0.3 is 29.2 Å². The minimum Gasteiger partial charge on any atom is -0.497 e. The van der Waals surface area contributed by atoms with E-state index >= 15 is 0 Å². The van der Waals surface area contributed by atoms with E-state index in [0.717, 1.165) is 0 Å². The predicted molar refractivity (Wildman–Crippen MR) is 118 cm³/mol. The van der Waals surface area contributed by atoms with E-state index in [1.165, 1.54) is 6.92 Å². The fourth-order valence-corrected chi connectivity index (χ4v) is 6.15. The molecule has 33 heavy (non-hydrogen) atoms. The summed E-state index contributed by atoms with van der Waals surface area (Å²) in [5.74, 6) is -1.31. The number of benzene rings is 1. The summed E-state index contributed by atoms with van der Waals surface area (Å²) in [5.41, 5.74) is -2.75. The Morgan fingerprint density at radius 1 is 1.12 bits per heavy atom. The highest BCUT2D eigenvalue weighted by Gasteiger charge is 2.75. The van der Waals surface area contributed by atoms with Crippen LogP contribution in [-0.4, -0.2) is 64.9 Å². The normalized spacial score (nSPS) is 41.5. The van der Waals surface area contributed by atoms with Gasteiger partial charge in [0.2, 0.25) is 0 Å². The zero-order valence-electron chi connectivity index (χ0n) is 20.0. The van der Waals surface area contributed by atoms with Crippen molar-refractivity contribution in [2.45, 2.75) is 83.1 Å². The monoisotopic (exact) mass is 462 g/mol. The van der Waals surface area contributed by atoms with E-state index in [1.807, 2.05) is 20.8 Å². The van der Waals surface area contributed by atoms with Crippen molar-refractivity contribution in [2.75, 3.05) is 7.11 Å². The lowest BCUT2D eigenvalue weighted by Gasteiger charge is -2.45. The molecule has 8 unspecified atom stereocenters. The molecule has 1 aromatic carbocycles. The third-order valence-corrected chi connectivity index (χ3v) is 8.15. The van der Waals surface area contributed by atoms with Gasteiger partial charge in [0.1, 0.15) is 24.1 Å². The summed E-state index contributed by atoms with van der Waals surface area (Å²) < 4.78 is 22.7. The van der Waals surface area contributed by atoms with Gasteiger partial charge in [0.25, 0.3) is 0 Å². The second kappa shape index (κ2) is 7.96. The predicted octanol–water partition coefficient (Wildman–Crippen LogP) is 2.49. The van der Waals surface area contributed by atoms with Crippen LogP contribution in [0.5, 0.6) is 5.75 Å². The first kappa shape index (κ1) is 24.0. The van der Waals surface area contributed by atoms with E-state index in [2.05, 4.69) is 0 Å². The van der Waals surface area contributed by atoms with Gasteiger partial charge in [0.15, 0.2) is 0 Å². The van der Waals surface area contributed by atoms with Crippen molar-refractivity contribution in [1.29, 1.82) is 0 Å². The first-order valence-electron chi connectivity index (χ1n) is 11.5. The summed E-state index contributed by atoms with van der Waals surface area (Å²) in [6.07, 6.45) is -2.56. The van der Waals surface area contributed by atoms with Crippen LogP contribution in [0.25, 0.3) is 0 Å². The quantitative estimate of drug-likeness (QED) is 0.507. The highest BCUT2D eigenvalue weighted by Crippen LogP contribution is 2.64. The summed E-state index contributed by atoms with van der Waals surface area (Å²) in [4.78, 5) is 25.1. The van der Waals surface area contributed by atoms with Crippen LogP contribution in [0.2, 0.25) is 0 Å². The average Bonchev–Trinajstić information content (AvgIpc) is 3.36. The molecule has 0 spiro atoms. The Kier molecular flexibility index (Phi) is 5.78. The van der Waals surface area contributed by atoms with Crippen LogP contribution in [0, 0.1) is 17.3 Å². The maximum atomic E-state index is 13.1. The number of hydrogen-bond donors (Lipinski definition) is 2. The van der Waals surface area contributed by atoms with E-state index in [9.17, 15) is 19.8 Å². The molecule has 8 atom stereocenters. The molecule has 0 amide bonds. The maximum Gasteiger partial charge on any atom is 0.338 e. The molecule has 1 saturated heterocycles. The number of ether oxygens (including phenoxy) is 4. The van der Waals surface area contributed by atoms with Crippen molar-refractivity contribution in [2.24, 2.45) is 17.3 Å². The molecule has 0 aromatic heterocycles. The summed E-state index contributed by atoms with van der Waals surface area (Å²) in [7, 11) is 1.55. The summed E-state index contributed by atoms with van der Waals surface area (Å²) in [6.45, 7) is 8.75. The fourth-order valence-electron chi connectivity index (χ4n) is 6.15. The molecule has 3 aliphatic rings. The molecular weight excluding hydrogens is 428 g/mol. The van der Waals surface area contributed by atoms with Crippen molar-refractivity contribution in [1.82, 2.24) is 0 Å². The smallest absolute Gasteiger partial charge is 0.338 e. The largest absolute Gasteiger partial charge is 0.497 e. The van der Waals surface area contributed by atoms with Crippen LogP contribution in [0.3, 0.4) is 0 Å². The lowest BCUT2D eigenvalue weighted by molar-refractivity contribution is -0.168. The van der Waals surface area contributed by atoms with Crippen LogP contribution in [0.4, 0.5) is 0 Å². The fraction of sp³-hybridized carbons (Fsp3) is 0.680. The van der Waals surface area contributed by atoms with Crippen LogP contribution >= 0.6 is 0 Å². The van der Waals surface area contributed by atoms with Crippen LogP contribution < -0.4 is 4.74 Å². The molecule has 2 N–H and O–H groups in total. The lowest BCUT2D eigenvalue weighted by atomic mass is 9.66. The van der Waals surface area contributed by atoms with Crippen molar-refractivity contribution in [3.05, 3.63) is 29.8 Å². The number of methoxy groups -OCH3 is 1. The van der Waals surface area contributed by atoms with Gasteiger partial charge in [-0.3, -0.25) is 4.79 Å². The third kappa shape index (κ3) is 3.72. The van der Waals surface area contributed by atoms with Gasteiger partial charge in [-0.1, -0.05) is 20.8 Å². The number of aliphatic hydroxyl groups is 2. The number of esters is 2. The third-order valence-electron chi connectivity index (χ3n) is 8.15. The minimum atomic E-state index is -1.33. The SMILES string of the molecule is COc1ccc(C(=O)OC2CC3(C)OC3C(O)C3(C)C(OC(C)=O)CC(O)(C(C)C)C23)cc1. The van der Waals surface area contributed by atoms with Gasteiger partial charge in [-0.05, 0) is 37.1 Å². The number of aliphatic hydroxyl groups excluding tert-OH is 1. The Bertz CT molecular complexity index is 929. The topological polar surface area (TPSA) is 115 Å². The maximum absolute atomic E-state index is 13.1. The van der Waals surface area contributed by atoms with Crippen molar-refractivity contribution >= 4 is 11.9 Å². The molecule has 182 valence electrons. The van der Waals surface area contributed by atoms with Gasteiger partial charge in [0, 0.05) is 31.1 Å². The Morgan fingerprint density at radius 3 is 2.30 bits per heavy atom. The summed E-state index contributed by atoms with van der Waals surface area (Å²) in [6, 6.07) is 6.59. The molecule has 1 heterocycles. The molecule has 1 aromatic rings. The molecular formula is C25H34O8. The Hall–Kier alpha value is -2.16. The van der Waals surface area contributed by atoms with Crippen LogP contribution in [0.1, 0.15) is 57.8 Å². The van der Waals surface area contributed by atoms with E-state index in [4.69, 9.17) is 18.9 Å². The molecule has 0 radical (unpaired) electrons. The Morgan fingerprint density at radius 2 is 1.76 bits per heavy atom. The van der Waals surface area contributed by atoms with Gasteiger partial charge in [-0.25, -0.2) is 4.79 Å². The number of hydrogen-bond acceptors (Lipinski definition) is 8. The summed E-state index contributed by atoms with van der Waals surface area (Å²) >= 11 is 0. The number of fused-ring (bicyclic) bond motifs is 2. The molecule has 4 rings (SSSR count). The Balaban J connectivity index is 1.75. The van der Waals surface area contributed by atoms with E-state index in [1.54, 1.807) is 38.3 Å². The van der Waals surface area contributed by atoms with Crippen molar-refractivity contribution < 1.29 is 38.7 Å². The summed E-state index contributed by atoms with van der Waals surface area (Å²) in [5, 5.41) is 23.3.